The topological polar surface area (TPSA) is 35.6 Å². The molecule has 12 aromatic rings. The molecule has 8 aromatic carbocycles. The van der Waals surface area contributed by atoms with E-state index in [1.807, 2.05) is 6.07 Å². The summed E-state index contributed by atoms with van der Waals surface area (Å²) in [6, 6.07) is 66.1. The molecule has 0 N–H and O–H groups in total. The van der Waals surface area contributed by atoms with E-state index < -0.39 is 0 Å². The van der Waals surface area contributed by atoms with E-state index in [9.17, 15) is 0 Å². The Hall–Kier alpha value is -7.56. The van der Waals surface area contributed by atoms with E-state index in [1.54, 1.807) is 0 Å². The molecule has 0 saturated carbocycles. The molecule has 1 aliphatic rings. The lowest BCUT2D eigenvalue weighted by molar-refractivity contribution is 1.01. The van der Waals surface area contributed by atoms with Crippen LogP contribution in [0.25, 0.3) is 99.0 Å². The highest BCUT2D eigenvalue weighted by molar-refractivity contribution is 6.36. The third-order valence-corrected chi connectivity index (χ3v) is 12.6. The summed E-state index contributed by atoms with van der Waals surface area (Å²) in [5.41, 5.74) is 15.3. The van der Waals surface area contributed by atoms with Crippen molar-refractivity contribution in [1.29, 1.82) is 0 Å². The van der Waals surface area contributed by atoms with Gasteiger partial charge in [0.15, 0.2) is 0 Å². The molecule has 0 radical (unpaired) electrons. The minimum absolute atomic E-state index is 0.871. The first-order chi connectivity index (χ1) is 28.8. The van der Waals surface area contributed by atoms with Crippen LogP contribution in [0, 0.1) is 0 Å². The van der Waals surface area contributed by atoms with Crippen LogP contribution < -0.4 is 0 Å². The molecular formula is C54H34N4. The van der Waals surface area contributed by atoms with E-state index in [4.69, 9.17) is 9.97 Å². The van der Waals surface area contributed by atoms with Gasteiger partial charge in [-0.1, -0.05) is 127 Å². The van der Waals surface area contributed by atoms with Crippen molar-refractivity contribution >= 4 is 76.2 Å². The van der Waals surface area contributed by atoms with Gasteiger partial charge >= 0.3 is 0 Å². The number of pyridine rings is 2. The van der Waals surface area contributed by atoms with E-state index in [1.165, 1.54) is 65.6 Å². The van der Waals surface area contributed by atoms with E-state index >= 15 is 0 Å². The highest BCUT2D eigenvalue weighted by Gasteiger charge is 2.27. The predicted octanol–water partition coefficient (Wildman–Crippen LogP) is 13.3. The number of para-hydroxylation sites is 3. The Balaban J connectivity index is 1.21. The van der Waals surface area contributed by atoms with Gasteiger partial charge in [0.2, 0.25) is 0 Å². The van der Waals surface area contributed by atoms with Gasteiger partial charge < -0.3 is 4.57 Å². The van der Waals surface area contributed by atoms with Gasteiger partial charge in [-0.3, -0.25) is 4.57 Å². The van der Waals surface area contributed by atoms with E-state index in [-0.39, 0.29) is 0 Å². The zero-order valence-electron chi connectivity index (χ0n) is 31.5. The Morgan fingerprint density at radius 3 is 1.53 bits per heavy atom. The average molecular weight is 739 g/mol. The Morgan fingerprint density at radius 1 is 0.379 bits per heavy atom. The maximum atomic E-state index is 5.61. The molecule has 0 aliphatic heterocycles. The normalized spacial score (nSPS) is 12.7. The van der Waals surface area contributed by atoms with Crippen molar-refractivity contribution in [3.63, 3.8) is 0 Å². The zero-order chi connectivity index (χ0) is 37.9. The number of rotatable bonds is 3. The lowest BCUT2D eigenvalue weighted by Crippen LogP contribution is -2.07. The van der Waals surface area contributed by atoms with E-state index in [0.717, 1.165) is 68.4 Å². The number of benzene rings is 8. The molecule has 0 spiro atoms. The van der Waals surface area contributed by atoms with Crippen molar-refractivity contribution in [1.82, 2.24) is 19.1 Å². The fourth-order valence-corrected chi connectivity index (χ4v) is 9.95. The monoisotopic (exact) mass is 738 g/mol. The van der Waals surface area contributed by atoms with Gasteiger partial charge in [0.25, 0.3) is 0 Å². The van der Waals surface area contributed by atoms with Gasteiger partial charge in [0, 0.05) is 43.6 Å². The highest BCUT2D eigenvalue weighted by atomic mass is 15.1. The van der Waals surface area contributed by atoms with Crippen molar-refractivity contribution in [3.8, 4) is 22.8 Å². The summed E-state index contributed by atoms with van der Waals surface area (Å²) in [5.74, 6) is 0.871. The van der Waals surface area contributed by atoms with Crippen LogP contribution >= 0.6 is 0 Å². The first kappa shape index (κ1) is 31.6. The number of fused-ring (bicyclic) bond motifs is 15. The summed E-state index contributed by atoms with van der Waals surface area (Å²) >= 11 is 0. The maximum Gasteiger partial charge on any atom is 0.138 e. The fourth-order valence-electron chi connectivity index (χ4n) is 9.95. The molecule has 4 aromatic heterocycles. The van der Waals surface area contributed by atoms with Crippen molar-refractivity contribution in [2.75, 3.05) is 0 Å². The molecule has 1 aliphatic carbocycles. The average Bonchev–Trinajstić information content (AvgIpc) is 3.82. The van der Waals surface area contributed by atoms with E-state index in [2.05, 4.69) is 185 Å². The third kappa shape index (κ3) is 4.45. The largest absolute Gasteiger partial charge is 0.307 e. The molecule has 13 rings (SSSR count). The molecule has 0 bridgehead atoms. The zero-order valence-corrected chi connectivity index (χ0v) is 31.5. The van der Waals surface area contributed by atoms with Crippen molar-refractivity contribution in [3.05, 3.63) is 204 Å². The van der Waals surface area contributed by atoms with Crippen LogP contribution in [0.1, 0.15) is 22.3 Å². The molecule has 0 saturated heterocycles. The standard InChI is InChI=1S/C54H34N4/c1-3-13-33(14-4-1)45-27-25-34-23-24-35-26-28-48(56-52(35)51(34)55-45)58-47-22-12-10-20-42(47)50-44-32-39-30-37-16-8-7-15-36(37)29-38(39)31-43(44)49-41-19-9-11-21-46(41)57(53(49)54(50)58)40-17-5-2-6-18-40/h1-28,31-32H,29-30H2. The molecule has 4 heteroatoms. The Labute approximate surface area is 333 Å². The Bertz CT molecular complexity index is 3670. The summed E-state index contributed by atoms with van der Waals surface area (Å²) in [7, 11) is 0. The van der Waals surface area contributed by atoms with Crippen molar-refractivity contribution in [2.24, 2.45) is 0 Å². The van der Waals surface area contributed by atoms with Gasteiger partial charge in [-0.05, 0) is 100 Å². The van der Waals surface area contributed by atoms with E-state index in [0.29, 0.717) is 0 Å². The lowest BCUT2D eigenvalue weighted by Gasteiger charge is -2.21. The Morgan fingerprint density at radius 2 is 0.879 bits per heavy atom. The van der Waals surface area contributed by atoms with Crippen LogP contribution in [0.15, 0.2) is 182 Å². The summed E-state index contributed by atoms with van der Waals surface area (Å²) in [4.78, 5) is 10.9. The summed E-state index contributed by atoms with van der Waals surface area (Å²) in [6.07, 6.45) is 1.87. The minimum atomic E-state index is 0.871. The maximum absolute atomic E-state index is 5.61. The van der Waals surface area contributed by atoms with Crippen LogP contribution in [0.4, 0.5) is 0 Å². The molecule has 0 unspecified atom stereocenters. The fraction of sp³-hybridized carbons (Fsp3) is 0.0370. The van der Waals surface area contributed by atoms with Crippen LogP contribution in [0.3, 0.4) is 0 Å². The molecular weight excluding hydrogens is 705 g/mol. The van der Waals surface area contributed by atoms with Gasteiger partial charge in [-0.15, -0.1) is 0 Å². The first-order valence-corrected chi connectivity index (χ1v) is 20.1. The number of nitrogens with zero attached hydrogens (tertiary/aromatic N) is 4. The van der Waals surface area contributed by atoms with Crippen molar-refractivity contribution in [2.45, 2.75) is 12.8 Å². The summed E-state index contributed by atoms with van der Waals surface area (Å²) in [6.45, 7) is 0. The number of aromatic nitrogens is 4. The molecule has 0 atom stereocenters. The highest BCUT2D eigenvalue weighted by Crippen LogP contribution is 2.48. The van der Waals surface area contributed by atoms with Crippen LogP contribution in [0.5, 0.6) is 0 Å². The van der Waals surface area contributed by atoms with Gasteiger partial charge in [-0.2, -0.15) is 0 Å². The Kier molecular flexibility index (Phi) is 6.53. The minimum Gasteiger partial charge on any atom is -0.307 e. The number of hydrogen-bond acceptors (Lipinski definition) is 2. The predicted molar refractivity (Wildman–Crippen MR) is 241 cm³/mol. The van der Waals surface area contributed by atoms with Gasteiger partial charge in [0.05, 0.1) is 38.8 Å². The first-order valence-electron chi connectivity index (χ1n) is 20.1. The molecule has 4 heterocycles. The van der Waals surface area contributed by atoms with Crippen LogP contribution in [-0.2, 0) is 12.8 Å². The summed E-state index contributed by atoms with van der Waals surface area (Å²) in [5, 5.41) is 9.71. The van der Waals surface area contributed by atoms with Gasteiger partial charge in [-0.25, -0.2) is 9.97 Å². The molecule has 0 fully saturated rings. The quantitative estimate of drug-likeness (QED) is 0.169. The lowest BCUT2D eigenvalue weighted by atomic mass is 9.83. The number of hydrogen-bond donors (Lipinski definition) is 0. The van der Waals surface area contributed by atoms with Crippen molar-refractivity contribution < 1.29 is 0 Å². The smallest absolute Gasteiger partial charge is 0.138 e. The second kappa shape index (κ2) is 12.0. The molecule has 0 amide bonds. The van der Waals surface area contributed by atoms with Crippen LogP contribution in [0.2, 0.25) is 0 Å². The SMILES string of the molecule is c1ccc(-c2ccc3ccc4ccc(-n5c6ccccc6c6c7cc8c(cc7c7c9ccccc9n(-c9ccccc9)c7c65)Cc5ccccc5C8)nc4c3n2)cc1. The third-order valence-electron chi connectivity index (χ3n) is 12.6. The second-order valence-electron chi connectivity index (χ2n) is 15.7. The molecule has 58 heavy (non-hydrogen) atoms. The molecule has 270 valence electrons. The summed E-state index contributed by atoms with van der Waals surface area (Å²) < 4.78 is 4.92. The second-order valence-corrected chi connectivity index (χ2v) is 15.7. The van der Waals surface area contributed by atoms with Crippen LogP contribution in [-0.4, -0.2) is 19.1 Å². The van der Waals surface area contributed by atoms with Gasteiger partial charge in [0.1, 0.15) is 5.82 Å². The molecule has 4 nitrogen and oxygen atoms in total.